The molecule has 1 unspecified atom stereocenters. The van der Waals surface area contributed by atoms with Gasteiger partial charge in [0.15, 0.2) is 0 Å². The maximum absolute atomic E-state index is 12.0. The third-order valence-electron chi connectivity index (χ3n) is 3.45. The second kappa shape index (κ2) is 7.79. The summed E-state index contributed by atoms with van der Waals surface area (Å²) in [6, 6.07) is 10.6. The van der Waals surface area contributed by atoms with E-state index in [1.165, 1.54) is 18.2 Å². The highest BCUT2D eigenvalue weighted by molar-refractivity contribution is 6.30. The molecular formula is C17H17ClN2O4. The molecule has 0 bridgehead atoms. The Balaban J connectivity index is 2.15. The number of nitro groups is 1. The van der Waals surface area contributed by atoms with Crippen molar-refractivity contribution in [3.63, 3.8) is 0 Å². The van der Waals surface area contributed by atoms with Crippen LogP contribution < -0.4 is 10.1 Å². The molecule has 0 radical (unpaired) electrons. The number of carbonyl (C=O) groups excluding carboxylic acids is 1. The zero-order valence-corrected chi connectivity index (χ0v) is 14.0. The van der Waals surface area contributed by atoms with E-state index < -0.39 is 4.92 Å². The Labute approximate surface area is 144 Å². The molecule has 0 aliphatic rings. The predicted octanol–water partition coefficient (Wildman–Crippen LogP) is 4.57. The Morgan fingerprint density at radius 3 is 2.54 bits per heavy atom. The van der Waals surface area contributed by atoms with E-state index in [9.17, 15) is 14.9 Å². The van der Waals surface area contributed by atoms with Crippen LogP contribution >= 0.6 is 11.6 Å². The zero-order chi connectivity index (χ0) is 17.7. The van der Waals surface area contributed by atoms with Gasteiger partial charge in [0.1, 0.15) is 5.75 Å². The van der Waals surface area contributed by atoms with Crippen molar-refractivity contribution in [2.24, 2.45) is 0 Å². The molecule has 0 aliphatic heterocycles. The van der Waals surface area contributed by atoms with Gasteiger partial charge < -0.3 is 10.1 Å². The molecule has 6 nitrogen and oxygen atoms in total. The van der Waals surface area contributed by atoms with Crippen LogP contribution in [0.5, 0.6) is 11.5 Å². The van der Waals surface area contributed by atoms with Crippen LogP contribution in [-0.4, -0.2) is 16.9 Å². The molecule has 7 heteroatoms. The largest absolute Gasteiger partial charge is 0.450 e. The predicted molar refractivity (Wildman–Crippen MR) is 91.8 cm³/mol. The number of hydrogen-bond donors (Lipinski definition) is 1. The Morgan fingerprint density at radius 1 is 1.29 bits per heavy atom. The molecule has 0 aromatic heterocycles. The van der Waals surface area contributed by atoms with Crippen molar-refractivity contribution < 1.29 is 14.5 Å². The maximum Gasteiger partial charge on any atom is 0.313 e. The topological polar surface area (TPSA) is 81.5 Å². The first-order valence-corrected chi connectivity index (χ1v) is 7.81. The monoisotopic (exact) mass is 348 g/mol. The normalized spacial score (nSPS) is 11.6. The SMILES string of the molecule is CCC(C)NC(=O)c1ccc(Oc2ccc(Cl)cc2[N+](=O)[O-])cc1. The molecule has 0 saturated heterocycles. The summed E-state index contributed by atoms with van der Waals surface area (Å²) in [7, 11) is 0. The summed E-state index contributed by atoms with van der Waals surface area (Å²) in [6.45, 7) is 3.91. The summed E-state index contributed by atoms with van der Waals surface area (Å²) in [4.78, 5) is 22.5. The molecule has 0 spiro atoms. The van der Waals surface area contributed by atoms with Crippen molar-refractivity contribution in [2.75, 3.05) is 0 Å². The van der Waals surface area contributed by atoms with E-state index in [0.717, 1.165) is 6.42 Å². The lowest BCUT2D eigenvalue weighted by atomic mass is 10.2. The summed E-state index contributed by atoms with van der Waals surface area (Å²) in [5.41, 5.74) is 0.273. The summed E-state index contributed by atoms with van der Waals surface area (Å²) < 4.78 is 5.53. The fourth-order valence-corrected chi connectivity index (χ4v) is 2.10. The van der Waals surface area contributed by atoms with Crippen LogP contribution in [0.1, 0.15) is 30.6 Å². The molecule has 0 aliphatic carbocycles. The minimum atomic E-state index is -0.560. The molecule has 0 saturated carbocycles. The molecule has 1 atom stereocenters. The Kier molecular flexibility index (Phi) is 5.76. The molecular weight excluding hydrogens is 332 g/mol. The van der Waals surface area contributed by atoms with E-state index in [-0.39, 0.29) is 28.4 Å². The number of carbonyl (C=O) groups is 1. The second-order valence-corrected chi connectivity index (χ2v) is 5.71. The van der Waals surface area contributed by atoms with Gasteiger partial charge in [-0.15, -0.1) is 0 Å². The highest BCUT2D eigenvalue weighted by Crippen LogP contribution is 2.33. The van der Waals surface area contributed by atoms with Crippen LogP contribution in [0.3, 0.4) is 0 Å². The van der Waals surface area contributed by atoms with Crippen molar-refractivity contribution in [3.05, 3.63) is 63.2 Å². The average Bonchev–Trinajstić information content (AvgIpc) is 2.56. The van der Waals surface area contributed by atoms with Crippen molar-refractivity contribution in [1.82, 2.24) is 5.32 Å². The first-order valence-electron chi connectivity index (χ1n) is 7.43. The minimum Gasteiger partial charge on any atom is -0.450 e. The molecule has 2 rings (SSSR count). The van der Waals surface area contributed by atoms with E-state index in [2.05, 4.69) is 5.32 Å². The molecule has 126 valence electrons. The van der Waals surface area contributed by atoms with Gasteiger partial charge in [0.05, 0.1) is 4.92 Å². The Hall–Kier alpha value is -2.60. The number of benzene rings is 2. The fraction of sp³-hybridized carbons (Fsp3) is 0.235. The fourth-order valence-electron chi connectivity index (χ4n) is 1.93. The first kappa shape index (κ1) is 17.7. The molecule has 0 fully saturated rings. The third-order valence-corrected chi connectivity index (χ3v) is 3.69. The number of halogens is 1. The lowest BCUT2D eigenvalue weighted by Gasteiger charge is -2.12. The van der Waals surface area contributed by atoms with Crippen molar-refractivity contribution in [1.29, 1.82) is 0 Å². The van der Waals surface area contributed by atoms with Crippen LogP contribution in [0.4, 0.5) is 5.69 Å². The second-order valence-electron chi connectivity index (χ2n) is 5.28. The van der Waals surface area contributed by atoms with Crippen molar-refractivity contribution in [3.8, 4) is 11.5 Å². The number of rotatable bonds is 6. The summed E-state index contributed by atoms with van der Waals surface area (Å²) >= 11 is 5.77. The lowest BCUT2D eigenvalue weighted by Crippen LogP contribution is -2.31. The number of ether oxygens (including phenoxy) is 1. The van der Waals surface area contributed by atoms with Gasteiger partial charge in [-0.3, -0.25) is 14.9 Å². The van der Waals surface area contributed by atoms with Gasteiger partial charge >= 0.3 is 5.69 Å². The number of nitrogens with one attached hydrogen (secondary N) is 1. The van der Waals surface area contributed by atoms with Crippen LogP contribution in [-0.2, 0) is 0 Å². The quantitative estimate of drug-likeness (QED) is 0.612. The first-order chi connectivity index (χ1) is 11.4. The molecule has 2 aromatic carbocycles. The van der Waals surface area contributed by atoms with E-state index >= 15 is 0 Å². The number of nitro benzene ring substituents is 1. The maximum atomic E-state index is 12.0. The van der Waals surface area contributed by atoms with E-state index in [1.807, 2.05) is 13.8 Å². The van der Waals surface area contributed by atoms with Crippen LogP contribution in [0.2, 0.25) is 5.02 Å². The molecule has 1 amide bonds. The van der Waals surface area contributed by atoms with E-state index in [4.69, 9.17) is 16.3 Å². The van der Waals surface area contributed by atoms with Crippen molar-refractivity contribution in [2.45, 2.75) is 26.3 Å². The lowest BCUT2D eigenvalue weighted by molar-refractivity contribution is -0.385. The van der Waals surface area contributed by atoms with Crippen molar-refractivity contribution >= 4 is 23.2 Å². The van der Waals surface area contributed by atoms with Gasteiger partial charge in [0.25, 0.3) is 5.91 Å². The summed E-state index contributed by atoms with van der Waals surface area (Å²) in [5, 5.41) is 14.2. The minimum absolute atomic E-state index is 0.0845. The van der Waals surface area contributed by atoms with Gasteiger partial charge in [-0.05, 0) is 49.7 Å². The summed E-state index contributed by atoms with van der Waals surface area (Å²) in [5.74, 6) is 0.301. The Morgan fingerprint density at radius 2 is 1.96 bits per heavy atom. The molecule has 1 N–H and O–H groups in total. The van der Waals surface area contributed by atoms with E-state index in [1.54, 1.807) is 24.3 Å². The molecule has 24 heavy (non-hydrogen) atoms. The highest BCUT2D eigenvalue weighted by Gasteiger charge is 2.16. The standard InChI is InChI=1S/C17H17ClN2O4/c1-3-11(2)19-17(21)12-4-7-14(8-5-12)24-16-9-6-13(18)10-15(16)20(22)23/h4-11H,3H2,1-2H3,(H,19,21). The van der Waals surface area contributed by atoms with Crippen LogP contribution in [0.15, 0.2) is 42.5 Å². The highest BCUT2D eigenvalue weighted by atomic mass is 35.5. The van der Waals surface area contributed by atoms with Crippen LogP contribution in [0, 0.1) is 10.1 Å². The number of hydrogen-bond acceptors (Lipinski definition) is 4. The summed E-state index contributed by atoms with van der Waals surface area (Å²) in [6.07, 6.45) is 0.840. The van der Waals surface area contributed by atoms with Crippen LogP contribution in [0.25, 0.3) is 0 Å². The molecule has 2 aromatic rings. The van der Waals surface area contributed by atoms with E-state index in [0.29, 0.717) is 11.3 Å². The third kappa shape index (κ3) is 4.45. The Bertz CT molecular complexity index is 747. The van der Waals surface area contributed by atoms with Gasteiger partial charge in [-0.25, -0.2) is 0 Å². The van der Waals surface area contributed by atoms with Gasteiger partial charge in [-0.1, -0.05) is 18.5 Å². The van der Waals surface area contributed by atoms with Gasteiger partial charge in [-0.2, -0.15) is 0 Å². The average molecular weight is 349 g/mol. The van der Waals surface area contributed by atoms with Gasteiger partial charge in [0, 0.05) is 22.7 Å². The molecule has 0 heterocycles. The van der Waals surface area contributed by atoms with Gasteiger partial charge in [0.2, 0.25) is 5.75 Å². The number of amides is 1. The smallest absolute Gasteiger partial charge is 0.313 e. The number of nitrogens with zero attached hydrogens (tertiary/aromatic N) is 1. The zero-order valence-electron chi connectivity index (χ0n) is 13.3.